The van der Waals surface area contributed by atoms with Crippen LogP contribution in [0.1, 0.15) is 25.0 Å². The lowest BCUT2D eigenvalue weighted by atomic mass is 10.2. The zero-order valence-electron chi connectivity index (χ0n) is 9.14. The molecule has 0 aromatic carbocycles. The molecule has 1 rings (SSSR count). The molecule has 4 heteroatoms. The molecule has 0 saturated carbocycles. The van der Waals surface area contributed by atoms with Crippen molar-refractivity contribution in [1.29, 1.82) is 0 Å². The van der Waals surface area contributed by atoms with Gasteiger partial charge in [0.25, 0.3) is 0 Å². The van der Waals surface area contributed by atoms with Gasteiger partial charge in [-0.25, -0.2) is 4.98 Å². The summed E-state index contributed by atoms with van der Waals surface area (Å²) in [5.41, 5.74) is 0.903. The number of pyridine rings is 1. The van der Waals surface area contributed by atoms with Crippen molar-refractivity contribution in [3.63, 3.8) is 0 Å². The molecule has 0 radical (unpaired) electrons. The second-order valence-electron chi connectivity index (χ2n) is 3.27. The normalized spacial score (nSPS) is 12.7. The van der Waals surface area contributed by atoms with Gasteiger partial charge >= 0.3 is 0 Å². The Morgan fingerprint density at radius 2 is 2.40 bits per heavy atom. The molecule has 84 valence electrons. The molecule has 3 nitrogen and oxygen atoms in total. The predicted molar refractivity (Wildman–Crippen MR) is 62.1 cm³/mol. The quantitative estimate of drug-likeness (QED) is 0.598. The highest BCUT2D eigenvalue weighted by atomic mass is 32.2. The van der Waals surface area contributed by atoms with E-state index < -0.39 is 6.10 Å². The molecule has 1 aromatic heterocycles. The van der Waals surface area contributed by atoms with Gasteiger partial charge in [0.2, 0.25) is 0 Å². The van der Waals surface area contributed by atoms with E-state index in [-0.39, 0.29) is 0 Å². The van der Waals surface area contributed by atoms with Crippen LogP contribution in [0.15, 0.2) is 23.4 Å². The van der Waals surface area contributed by atoms with Crippen molar-refractivity contribution in [1.82, 2.24) is 4.98 Å². The van der Waals surface area contributed by atoms with E-state index in [2.05, 4.69) is 4.98 Å². The SMILES string of the molecule is COCCCSc1ncccc1[C@@H](C)O. The fourth-order valence-electron chi connectivity index (χ4n) is 1.21. The Morgan fingerprint density at radius 3 is 3.07 bits per heavy atom. The third-order valence-corrected chi connectivity index (χ3v) is 3.09. The van der Waals surface area contributed by atoms with Crippen LogP contribution < -0.4 is 0 Å². The lowest BCUT2D eigenvalue weighted by molar-refractivity contribution is 0.195. The van der Waals surface area contributed by atoms with Crippen LogP contribution in [0.4, 0.5) is 0 Å². The van der Waals surface area contributed by atoms with Gasteiger partial charge in [0.05, 0.1) is 6.10 Å². The summed E-state index contributed by atoms with van der Waals surface area (Å²) in [4.78, 5) is 4.26. The van der Waals surface area contributed by atoms with Crippen molar-refractivity contribution in [3.05, 3.63) is 23.9 Å². The average molecular weight is 227 g/mol. The molecule has 0 spiro atoms. The van der Waals surface area contributed by atoms with Gasteiger partial charge < -0.3 is 9.84 Å². The van der Waals surface area contributed by atoms with Crippen LogP contribution in [0.25, 0.3) is 0 Å². The molecule has 0 saturated heterocycles. The van der Waals surface area contributed by atoms with E-state index in [9.17, 15) is 5.11 Å². The van der Waals surface area contributed by atoms with Gasteiger partial charge in [0, 0.05) is 31.2 Å². The molecule has 0 aliphatic carbocycles. The molecule has 0 bridgehead atoms. The standard InChI is InChI=1S/C11H17NO2S/c1-9(13)10-5-3-6-12-11(10)15-8-4-7-14-2/h3,5-6,9,13H,4,7-8H2,1-2H3/t9-/m1/s1. The van der Waals surface area contributed by atoms with Crippen LogP contribution >= 0.6 is 11.8 Å². The summed E-state index contributed by atoms with van der Waals surface area (Å²) in [7, 11) is 1.70. The van der Waals surface area contributed by atoms with E-state index in [4.69, 9.17) is 4.74 Å². The number of thioether (sulfide) groups is 1. The van der Waals surface area contributed by atoms with Gasteiger partial charge in [-0.2, -0.15) is 0 Å². The molecule has 1 N–H and O–H groups in total. The van der Waals surface area contributed by atoms with Gasteiger partial charge in [-0.15, -0.1) is 11.8 Å². The minimum Gasteiger partial charge on any atom is -0.389 e. The fraction of sp³-hybridized carbons (Fsp3) is 0.545. The van der Waals surface area contributed by atoms with Crippen molar-refractivity contribution in [2.75, 3.05) is 19.5 Å². The monoisotopic (exact) mass is 227 g/mol. The highest BCUT2D eigenvalue weighted by Crippen LogP contribution is 2.25. The highest BCUT2D eigenvalue weighted by molar-refractivity contribution is 7.99. The van der Waals surface area contributed by atoms with Crippen molar-refractivity contribution in [3.8, 4) is 0 Å². The number of nitrogens with zero attached hydrogens (tertiary/aromatic N) is 1. The fourth-order valence-corrected chi connectivity index (χ4v) is 2.21. The van der Waals surface area contributed by atoms with Gasteiger partial charge in [-0.1, -0.05) is 6.07 Å². The summed E-state index contributed by atoms with van der Waals surface area (Å²) in [6.45, 7) is 2.53. The van der Waals surface area contributed by atoms with Crippen LogP contribution in [0.3, 0.4) is 0 Å². The first-order chi connectivity index (χ1) is 7.25. The number of hydrogen-bond acceptors (Lipinski definition) is 4. The van der Waals surface area contributed by atoms with Gasteiger partial charge in [0.1, 0.15) is 5.03 Å². The minimum atomic E-state index is -0.455. The Morgan fingerprint density at radius 1 is 1.60 bits per heavy atom. The molecule has 15 heavy (non-hydrogen) atoms. The van der Waals surface area contributed by atoms with Crippen LogP contribution in [-0.2, 0) is 4.74 Å². The van der Waals surface area contributed by atoms with E-state index in [1.807, 2.05) is 12.1 Å². The molecule has 0 amide bonds. The topological polar surface area (TPSA) is 42.4 Å². The summed E-state index contributed by atoms with van der Waals surface area (Å²) in [5, 5.41) is 10.4. The zero-order chi connectivity index (χ0) is 11.1. The number of rotatable bonds is 6. The van der Waals surface area contributed by atoms with E-state index in [0.717, 1.165) is 29.4 Å². The molecule has 1 atom stereocenters. The third-order valence-electron chi connectivity index (χ3n) is 1.98. The van der Waals surface area contributed by atoms with Crippen molar-refractivity contribution >= 4 is 11.8 Å². The average Bonchev–Trinajstić information content (AvgIpc) is 2.25. The lowest BCUT2D eigenvalue weighted by Gasteiger charge is -2.09. The van der Waals surface area contributed by atoms with Crippen molar-refractivity contribution < 1.29 is 9.84 Å². The minimum absolute atomic E-state index is 0.455. The van der Waals surface area contributed by atoms with Crippen LogP contribution in [0.2, 0.25) is 0 Å². The van der Waals surface area contributed by atoms with Gasteiger partial charge in [0.15, 0.2) is 0 Å². The zero-order valence-corrected chi connectivity index (χ0v) is 9.96. The Kier molecular flexibility index (Phi) is 5.68. The Bertz CT molecular complexity index is 292. The van der Waals surface area contributed by atoms with E-state index in [1.54, 1.807) is 32.0 Å². The molecule has 1 aromatic rings. The van der Waals surface area contributed by atoms with E-state index >= 15 is 0 Å². The van der Waals surface area contributed by atoms with E-state index in [1.165, 1.54) is 0 Å². The molecule has 0 aliphatic heterocycles. The summed E-state index contributed by atoms with van der Waals surface area (Å²) >= 11 is 1.66. The summed E-state index contributed by atoms with van der Waals surface area (Å²) < 4.78 is 4.97. The smallest absolute Gasteiger partial charge is 0.102 e. The molecule has 0 unspecified atom stereocenters. The maximum Gasteiger partial charge on any atom is 0.102 e. The maximum atomic E-state index is 9.53. The maximum absolute atomic E-state index is 9.53. The Balaban J connectivity index is 2.52. The second kappa shape index (κ2) is 6.82. The molecule has 0 fully saturated rings. The first kappa shape index (κ1) is 12.5. The van der Waals surface area contributed by atoms with Crippen molar-refractivity contribution in [2.45, 2.75) is 24.5 Å². The summed E-state index contributed by atoms with van der Waals surface area (Å²) in [6.07, 6.45) is 2.30. The second-order valence-corrected chi connectivity index (χ2v) is 4.35. The van der Waals surface area contributed by atoms with Crippen molar-refractivity contribution in [2.24, 2.45) is 0 Å². The first-order valence-corrected chi connectivity index (χ1v) is 5.99. The summed E-state index contributed by atoms with van der Waals surface area (Å²) in [5.74, 6) is 0.963. The summed E-state index contributed by atoms with van der Waals surface area (Å²) in [6, 6.07) is 3.76. The Hall–Kier alpha value is -0.580. The van der Waals surface area contributed by atoms with Crippen LogP contribution in [-0.4, -0.2) is 29.6 Å². The Labute approximate surface area is 94.9 Å². The third kappa shape index (κ3) is 4.20. The number of hydrogen-bond donors (Lipinski definition) is 1. The predicted octanol–water partition coefficient (Wildman–Crippen LogP) is 2.26. The molecular weight excluding hydrogens is 210 g/mol. The largest absolute Gasteiger partial charge is 0.389 e. The van der Waals surface area contributed by atoms with Gasteiger partial charge in [-0.3, -0.25) is 0 Å². The number of aliphatic hydroxyl groups is 1. The highest BCUT2D eigenvalue weighted by Gasteiger charge is 2.08. The molecular formula is C11H17NO2S. The number of methoxy groups -OCH3 is 1. The molecule has 1 heterocycles. The lowest BCUT2D eigenvalue weighted by Crippen LogP contribution is -1.97. The first-order valence-electron chi connectivity index (χ1n) is 5.00. The van der Waals surface area contributed by atoms with Crippen LogP contribution in [0, 0.1) is 0 Å². The number of aliphatic hydroxyl groups excluding tert-OH is 1. The number of ether oxygens (including phenoxy) is 1. The molecule has 0 aliphatic rings. The number of aromatic nitrogens is 1. The van der Waals surface area contributed by atoms with Gasteiger partial charge in [-0.05, 0) is 19.4 Å². The van der Waals surface area contributed by atoms with E-state index in [0.29, 0.717) is 0 Å². The van der Waals surface area contributed by atoms with Crippen LogP contribution in [0.5, 0.6) is 0 Å².